The first-order valence-corrected chi connectivity index (χ1v) is 13.1. The number of nitrogen functional groups attached to an aromatic ring is 1. The summed E-state index contributed by atoms with van der Waals surface area (Å²) in [6, 6.07) is 5.80. The van der Waals surface area contributed by atoms with Gasteiger partial charge in [0.2, 0.25) is 11.8 Å². The lowest BCUT2D eigenvalue weighted by atomic mass is 9.81. The predicted octanol–water partition coefficient (Wildman–Crippen LogP) is 3.74. The maximum Gasteiger partial charge on any atom is 0.461 e. The van der Waals surface area contributed by atoms with E-state index in [1.165, 1.54) is 21.1 Å². The molecule has 4 rings (SSSR count). The Hall–Kier alpha value is -2.73. The van der Waals surface area contributed by atoms with E-state index in [1.54, 1.807) is 30.6 Å². The lowest BCUT2D eigenvalue weighted by molar-refractivity contribution is -0.140. The number of carboxylic acids is 1. The Balaban J connectivity index is 1.46. The van der Waals surface area contributed by atoms with Gasteiger partial charge in [0.05, 0.1) is 20.0 Å². The van der Waals surface area contributed by atoms with Crippen molar-refractivity contribution in [2.24, 2.45) is 5.92 Å². The first-order valence-electron chi connectivity index (χ1n) is 10.8. The number of hydrogen-bond acceptors (Lipinski definition) is 9. The molecule has 2 heterocycles. The van der Waals surface area contributed by atoms with Crippen LogP contribution in [0.3, 0.4) is 0 Å². The summed E-state index contributed by atoms with van der Waals surface area (Å²) in [6.07, 6.45) is 3.10. The van der Waals surface area contributed by atoms with Crippen molar-refractivity contribution in [1.82, 2.24) is 24.2 Å². The Bertz CT molecular complexity index is 1280. The number of fused-ring (bicyclic) bond motifs is 1. The summed E-state index contributed by atoms with van der Waals surface area (Å²) in [5.41, 5.74) is 6.91. The zero-order valence-electron chi connectivity index (χ0n) is 19.4. The average Bonchev–Trinajstić information content (AvgIpc) is 3.19. The molecular weight excluding hydrogens is 543 g/mol. The van der Waals surface area contributed by atoms with Crippen molar-refractivity contribution in [3.8, 4) is 11.6 Å². The minimum Gasteiger partial charge on any atom is -0.480 e. The van der Waals surface area contributed by atoms with E-state index in [4.69, 9.17) is 19.5 Å². The van der Waals surface area contributed by atoms with Crippen molar-refractivity contribution in [3.63, 3.8) is 0 Å². The molecule has 0 bridgehead atoms. The highest BCUT2D eigenvalue weighted by atomic mass is 79.9. The molecule has 3 N–H and O–H groups in total. The summed E-state index contributed by atoms with van der Waals surface area (Å²) in [6.45, 7) is 1.56. The summed E-state index contributed by atoms with van der Waals surface area (Å²) >= 11 is 3.35. The molecule has 14 heteroatoms. The van der Waals surface area contributed by atoms with Crippen LogP contribution in [0.25, 0.3) is 11.2 Å². The van der Waals surface area contributed by atoms with Gasteiger partial charge in [-0.1, -0.05) is 22.0 Å². The van der Waals surface area contributed by atoms with Gasteiger partial charge in [-0.05, 0) is 50.9 Å². The molecule has 12 nitrogen and oxygen atoms in total. The van der Waals surface area contributed by atoms with Crippen LogP contribution >= 0.6 is 23.7 Å². The number of likely N-dealkylation sites (N-methyl/N-ethyl adjacent to an activating group) is 1. The number of imidazole rings is 1. The Labute approximate surface area is 210 Å². The number of nitrogens with two attached hydrogens (primary N) is 1. The summed E-state index contributed by atoms with van der Waals surface area (Å²) < 4.78 is 34.3. The number of aliphatic carboxylic acids is 1. The van der Waals surface area contributed by atoms with Crippen LogP contribution in [0.5, 0.6) is 11.6 Å². The van der Waals surface area contributed by atoms with Crippen LogP contribution in [-0.4, -0.2) is 62.1 Å². The smallest absolute Gasteiger partial charge is 0.461 e. The number of aromatic nitrogens is 4. The normalized spacial score (nSPS) is 20.3. The number of methoxy groups -OCH3 is 1. The molecule has 1 aromatic carbocycles. The molecule has 1 fully saturated rings. The first-order chi connectivity index (χ1) is 16.6. The number of hydrogen-bond donors (Lipinski definition) is 2. The molecule has 0 radical (unpaired) electrons. The van der Waals surface area contributed by atoms with Crippen molar-refractivity contribution in [2.45, 2.75) is 31.8 Å². The molecule has 1 aliphatic carbocycles. The number of carboxylic acid groups (broad SMARTS) is 1. The molecule has 0 amide bonds. The molecule has 3 aromatic rings. The second-order valence-electron chi connectivity index (χ2n) is 8.31. The van der Waals surface area contributed by atoms with Crippen molar-refractivity contribution < 1.29 is 28.3 Å². The van der Waals surface area contributed by atoms with Gasteiger partial charge in [-0.3, -0.25) is 9.32 Å². The fourth-order valence-corrected chi connectivity index (χ4v) is 5.83. The van der Waals surface area contributed by atoms with Gasteiger partial charge in [-0.25, -0.2) is 9.55 Å². The van der Waals surface area contributed by atoms with Crippen molar-refractivity contribution in [3.05, 3.63) is 35.1 Å². The third-order valence-corrected chi connectivity index (χ3v) is 8.53. The Morgan fingerprint density at radius 1 is 1.40 bits per heavy atom. The Morgan fingerprint density at radius 2 is 2.14 bits per heavy atom. The Morgan fingerprint density at radius 3 is 2.80 bits per heavy atom. The minimum atomic E-state index is -3.97. The number of ether oxygens (including phenoxy) is 1. The quantitative estimate of drug-likeness (QED) is 0.343. The summed E-state index contributed by atoms with van der Waals surface area (Å²) in [5.74, 6) is -0.356. The van der Waals surface area contributed by atoms with E-state index in [1.807, 2.05) is 4.57 Å². The van der Waals surface area contributed by atoms with Crippen LogP contribution in [0.1, 0.15) is 25.8 Å². The molecular formula is C21H26BrN6O6P. The highest BCUT2D eigenvalue weighted by molar-refractivity contribution is 9.10. The molecule has 0 saturated heterocycles. The van der Waals surface area contributed by atoms with E-state index in [0.29, 0.717) is 35.6 Å². The van der Waals surface area contributed by atoms with E-state index in [-0.39, 0.29) is 24.5 Å². The summed E-state index contributed by atoms with van der Waals surface area (Å²) in [7, 11) is -1.07. The minimum absolute atomic E-state index is 0.0755. The third-order valence-electron chi connectivity index (χ3n) is 6.00. The fourth-order valence-electron chi connectivity index (χ4n) is 3.79. The van der Waals surface area contributed by atoms with Gasteiger partial charge in [-0.2, -0.15) is 14.6 Å². The number of halogens is 1. The molecule has 2 unspecified atom stereocenters. The van der Waals surface area contributed by atoms with Gasteiger partial charge in [0, 0.05) is 10.5 Å². The topological polar surface area (TPSA) is 155 Å². The van der Waals surface area contributed by atoms with Gasteiger partial charge in [0.1, 0.15) is 11.8 Å². The lowest BCUT2D eigenvalue weighted by Gasteiger charge is -2.37. The lowest BCUT2D eigenvalue weighted by Crippen LogP contribution is -2.36. The Kier molecular flexibility index (Phi) is 7.32. The van der Waals surface area contributed by atoms with Gasteiger partial charge < -0.3 is 24.7 Å². The van der Waals surface area contributed by atoms with Crippen molar-refractivity contribution in [2.75, 3.05) is 26.5 Å². The number of anilines is 1. The monoisotopic (exact) mass is 568 g/mol. The highest BCUT2D eigenvalue weighted by Crippen LogP contribution is 2.54. The standard InChI is InChI=1S/C21H26BrN6O6P/c1-12(20(29)30)27(2)35(31,34-16-6-4-5-14(22)9-16)33-10-13-7-15(8-13)28-11-24-17-18(28)25-21(23)26-19(17)32-3/h4-6,9,11-13,15H,7-8,10H2,1-3H3,(H,29,30)(H2,23,25,26). The van der Waals surface area contributed by atoms with Crippen LogP contribution in [0.2, 0.25) is 0 Å². The van der Waals surface area contributed by atoms with E-state index < -0.39 is 19.8 Å². The molecule has 188 valence electrons. The van der Waals surface area contributed by atoms with E-state index in [9.17, 15) is 14.5 Å². The molecule has 1 saturated carbocycles. The third kappa shape index (κ3) is 5.27. The highest BCUT2D eigenvalue weighted by Gasteiger charge is 2.41. The zero-order chi connectivity index (χ0) is 25.3. The molecule has 35 heavy (non-hydrogen) atoms. The van der Waals surface area contributed by atoms with Crippen LogP contribution in [0.15, 0.2) is 35.1 Å². The summed E-state index contributed by atoms with van der Waals surface area (Å²) in [4.78, 5) is 24.2. The largest absolute Gasteiger partial charge is 0.480 e. The SMILES string of the molecule is COc1nc(N)nc2c1ncn2C1CC(COP(=O)(Oc2cccc(Br)c2)N(C)C(C)C(=O)O)C1. The molecule has 1 aliphatic rings. The summed E-state index contributed by atoms with van der Waals surface area (Å²) in [5, 5.41) is 9.43. The first kappa shape index (κ1) is 25.4. The molecule has 0 spiro atoms. The predicted molar refractivity (Wildman–Crippen MR) is 131 cm³/mol. The maximum absolute atomic E-state index is 13.7. The van der Waals surface area contributed by atoms with Gasteiger partial charge in [-0.15, -0.1) is 0 Å². The van der Waals surface area contributed by atoms with Crippen LogP contribution < -0.4 is 15.0 Å². The number of rotatable bonds is 10. The van der Waals surface area contributed by atoms with Gasteiger partial charge in [0.25, 0.3) is 0 Å². The number of carbonyl (C=O) groups is 1. The second-order valence-corrected chi connectivity index (χ2v) is 11.2. The van der Waals surface area contributed by atoms with Crippen LogP contribution in [-0.2, 0) is 13.9 Å². The maximum atomic E-state index is 13.7. The molecule has 2 atom stereocenters. The molecule has 2 aromatic heterocycles. The van der Waals surface area contributed by atoms with Crippen LogP contribution in [0.4, 0.5) is 5.95 Å². The zero-order valence-corrected chi connectivity index (χ0v) is 21.8. The van der Waals surface area contributed by atoms with Gasteiger partial charge >= 0.3 is 13.7 Å². The van der Waals surface area contributed by atoms with Crippen molar-refractivity contribution >= 4 is 46.8 Å². The average molecular weight is 569 g/mol. The van der Waals surface area contributed by atoms with E-state index >= 15 is 0 Å². The van der Waals surface area contributed by atoms with Crippen molar-refractivity contribution in [1.29, 1.82) is 0 Å². The number of benzene rings is 1. The van der Waals surface area contributed by atoms with Crippen LogP contribution in [0, 0.1) is 5.92 Å². The fraction of sp³-hybridized carbons (Fsp3) is 0.429. The second kappa shape index (κ2) is 10.1. The number of nitrogens with zero attached hydrogens (tertiary/aromatic N) is 5. The van der Waals surface area contributed by atoms with E-state index in [2.05, 4.69) is 30.9 Å². The van der Waals surface area contributed by atoms with Gasteiger partial charge in [0.15, 0.2) is 11.2 Å². The van der Waals surface area contributed by atoms with E-state index in [0.717, 1.165) is 9.14 Å². The molecule has 0 aliphatic heterocycles.